The SMILES string of the molecule is CCN(c1nc(Cl)nc(Nc2ccc3c(c2)C=C(S(=O)(=O)O)/C(=N\Nc2ccc(N=Nc4ccc(S(=O)(=O)O)cc4)cc2S(=O)(=O)O)C3=O)n1)c1ccccc1C. The molecule has 0 saturated heterocycles. The van der Waals surface area contributed by atoms with Crippen LogP contribution in [0.1, 0.15) is 28.4 Å². The zero-order valence-corrected chi connectivity index (χ0v) is 32.5. The number of para-hydroxylation sites is 1. The number of hydrogen-bond acceptors (Lipinski definition) is 16. The zero-order valence-electron chi connectivity index (χ0n) is 29.3. The average Bonchev–Trinajstić information content (AvgIpc) is 3.13. The summed E-state index contributed by atoms with van der Waals surface area (Å²) in [5.41, 5.74) is 3.14. The molecule has 6 rings (SSSR count). The third-order valence-corrected chi connectivity index (χ3v) is 10.9. The second-order valence-corrected chi connectivity index (χ2v) is 16.4. The highest BCUT2D eigenvalue weighted by Crippen LogP contribution is 2.32. The summed E-state index contributed by atoms with van der Waals surface area (Å²) in [6.07, 6.45) is 0.982. The minimum atomic E-state index is -5.12. The standard InChI is InChI=1S/C34H28ClN9O10S3/c1-3-44(27-7-5-4-6-19(27)2)34-38-32(35)37-33(39-34)36-22-10-14-25-20(16-22)17-29(57(52,53)54)30(31(25)45)43-42-26-15-11-23(18-28(26)56(49,50)51)41-40-21-8-12-24(13-9-21)55(46,47)48/h4-18,42H,3H2,1-2H3,(H,46,47,48)(H,49,50,51)(H,52,53,54)(H,36,37,38,39)/b41-40?,43-30+. The van der Waals surface area contributed by atoms with Gasteiger partial charge in [-0.2, -0.15) is 55.5 Å². The zero-order chi connectivity index (χ0) is 41.3. The van der Waals surface area contributed by atoms with Gasteiger partial charge in [-0.3, -0.25) is 23.9 Å². The number of hydrogen-bond donors (Lipinski definition) is 5. The molecule has 19 nitrogen and oxygen atoms in total. The van der Waals surface area contributed by atoms with Gasteiger partial charge in [-0.25, -0.2) is 0 Å². The Hall–Kier alpha value is -6.01. The molecule has 0 unspecified atom stereocenters. The number of halogens is 1. The number of hydrazone groups is 1. The van der Waals surface area contributed by atoms with Crippen LogP contribution in [-0.4, -0.2) is 71.9 Å². The van der Waals surface area contributed by atoms with E-state index in [4.69, 9.17) is 16.2 Å². The molecule has 0 fully saturated rings. The quantitative estimate of drug-likeness (QED) is 0.0506. The number of aryl methyl sites for hydroxylation is 1. The first-order valence-corrected chi connectivity index (χ1v) is 20.9. The molecule has 0 spiro atoms. The van der Waals surface area contributed by atoms with Crippen molar-refractivity contribution < 1.29 is 43.7 Å². The molecular weight excluding hydrogens is 826 g/mol. The highest BCUT2D eigenvalue weighted by atomic mass is 35.5. The van der Waals surface area contributed by atoms with Crippen LogP contribution < -0.4 is 15.6 Å². The Kier molecular flexibility index (Phi) is 11.3. The van der Waals surface area contributed by atoms with E-state index in [0.29, 0.717) is 12.2 Å². The fraction of sp³-hybridized carbons (Fsp3) is 0.0882. The van der Waals surface area contributed by atoms with Crippen molar-refractivity contribution in [3.63, 3.8) is 0 Å². The van der Waals surface area contributed by atoms with Gasteiger partial charge < -0.3 is 10.2 Å². The smallest absolute Gasteiger partial charge is 0.296 e. The first-order valence-electron chi connectivity index (χ1n) is 16.2. The Morgan fingerprint density at radius 1 is 0.789 bits per heavy atom. The topological polar surface area (TPSA) is 283 Å². The van der Waals surface area contributed by atoms with Gasteiger partial charge in [0.2, 0.25) is 23.0 Å². The van der Waals surface area contributed by atoms with Crippen molar-refractivity contribution in [2.45, 2.75) is 23.6 Å². The van der Waals surface area contributed by atoms with E-state index in [0.717, 1.165) is 41.6 Å². The highest BCUT2D eigenvalue weighted by molar-refractivity contribution is 7.91. The summed E-state index contributed by atoms with van der Waals surface area (Å²) >= 11 is 6.26. The average molecular weight is 854 g/mol. The lowest BCUT2D eigenvalue weighted by atomic mass is 9.94. The summed E-state index contributed by atoms with van der Waals surface area (Å²) < 4.78 is 101. The lowest BCUT2D eigenvalue weighted by Crippen LogP contribution is -2.27. The molecule has 4 aromatic carbocycles. The number of allylic oxidation sites excluding steroid dienone is 1. The maximum absolute atomic E-state index is 13.7. The molecule has 23 heteroatoms. The molecule has 0 bridgehead atoms. The molecule has 0 atom stereocenters. The van der Waals surface area contributed by atoms with Crippen LogP contribution >= 0.6 is 11.6 Å². The third-order valence-electron chi connectivity index (χ3n) is 8.07. The van der Waals surface area contributed by atoms with Gasteiger partial charge in [0.05, 0.1) is 22.0 Å². The van der Waals surface area contributed by atoms with Gasteiger partial charge >= 0.3 is 0 Å². The molecule has 0 radical (unpaired) electrons. The summed E-state index contributed by atoms with van der Waals surface area (Å²) in [5.74, 6) is -0.701. The molecule has 0 aliphatic heterocycles. The predicted octanol–water partition coefficient (Wildman–Crippen LogP) is 6.54. The van der Waals surface area contributed by atoms with Gasteiger partial charge in [-0.1, -0.05) is 18.2 Å². The van der Waals surface area contributed by atoms with Crippen molar-refractivity contribution in [3.8, 4) is 0 Å². The van der Waals surface area contributed by atoms with E-state index in [2.05, 4.69) is 41.0 Å². The Bertz CT molecular complexity index is 2870. The van der Waals surface area contributed by atoms with Crippen LogP contribution in [0.15, 0.2) is 115 Å². The Morgan fingerprint density at radius 3 is 2.12 bits per heavy atom. The first kappa shape index (κ1) is 40.6. The highest BCUT2D eigenvalue weighted by Gasteiger charge is 2.33. The van der Waals surface area contributed by atoms with Gasteiger partial charge in [0.15, 0.2) is 5.71 Å². The number of anilines is 5. The van der Waals surface area contributed by atoms with Crippen LogP contribution in [0.2, 0.25) is 5.28 Å². The lowest BCUT2D eigenvalue weighted by Gasteiger charge is -2.23. The Morgan fingerprint density at radius 2 is 1.47 bits per heavy atom. The maximum Gasteiger partial charge on any atom is 0.296 e. The Labute approximate surface area is 330 Å². The van der Waals surface area contributed by atoms with Gasteiger partial charge in [-0.15, -0.1) is 0 Å². The predicted molar refractivity (Wildman–Crippen MR) is 210 cm³/mol. The van der Waals surface area contributed by atoms with E-state index in [9.17, 15) is 39.2 Å². The molecule has 5 N–H and O–H groups in total. The number of Topliss-reactive ketones (excluding diaryl/α,β-unsaturated/α-hetero) is 1. The lowest BCUT2D eigenvalue weighted by molar-refractivity contribution is 0.106. The summed E-state index contributed by atoms with van der Waals surface area (Å²) in [5, 5.41) is 14.4. The number of nitrogens with one attached hydrogen (secondary N) is 2. The van der Waals surface area contributed by atoms with E-state index in [1.165, 1.54) is 36.4 Å². The van der Waals surface area contributed by atoms with Crippen LogP contribution in [0.4, 0.5) is 40.3 Å². The molecule has 1 aliphatic rings. The van der Waals surface area contributed by atoms with E-state index in [1.54, 1.807) is 0 Å². The molecule has 57 heavy (non-hydrogen) atoms. The monoisotopic (exact) mass is 853 g/mol. The third kappa shape index (κ3) is 9.35. The number of azo groups is 1. The van der Waals surface area contributed by atoms with E-state index in [-0.39, 0.29) is 39.7 Å². The van der Waals surface area contributed by atoms with Crippen molar-refractivity contribution >= 4 is 99.9 Å². The number of nitrogens with zero attached hydrogens (tertiary/aromatic N) is 7. The first-order chi connectivity index (χ1) is 26.8. The molecule has 0 saturated carbocycles. The Balaban J connectivity index is 1.28. The summed E-state index contributed by atoms with van der Waals surface area (Å²) in [6, 6.07) is 19.6. The van der Waals surface area contributed by atoms with Gasteiger partial charge in [-0.05, 0) is 109 Å². The number of fused-ring (bicyclic) bond motifs is 1. The number of rotatable bonds is 12. The van der Waals surface area contributed by atoms with Gasteiger partial charge in [0.1, 0.15) is 9.80 Å². The fourth-order valence-electron chi connectivity index (χ4n) is 5.44. The van der Waals surface area contributed by atoms with Crippen molar-refractivity contribution in [1.29, 1.82) is 0 Å². The van der Waals surface area contributed by atoms with Crippen molar-refractivity contribution in [2.75, 3.05) is 22.2 Å². The number of carbonyl (C=O) groups is 1. The fourth-order valence-corrected chi connectivity index (χ4v) is 7.40. The van der Waals surface area contributed by atoms with E-state index in [1.807, 2.05) is 43.0 Å². The van der Waals surface area contributed by atoms with Crippen LogP contribution in [0.3, 0.4) is 0 Å². The molecular formula is C34H28ClN9O10S3. The molecule has 0 amide bonds. The molecule has 5 aromatic rings. The largest absolute Gasteiger partial charge is 0.324 e. The number of carbonyl (C=O) groups excluding carboxylic acids is 1. The summed E-state index contributed by atoms with van der Waals surface area (Å²) in [7, 11) is -14.6. The van der Waals surface area contributed by atoms with Gasteiger partial charge in [0.25, 0.3) is 30.4 Å². The number of aromatic nitrogens is 3. The van der Waals surface area contributed by atoms with Crippen molar-refractivity contribution in [1.82, 2.24) is 15.0 Å². The van der Waals surface area contributed by atoms with Crippen molar-refractivity contribution in [2.24, 2.45) is 15.3 Å². The second kappa shape index (κ2) is 15.9. The molecule has 1 aliphatic carbocycles. The van der Waals surface area contributed by atoms with Crippen molar-refractivity contribution in [3.05, 3.63) is 112 Å². The van der Waals surface area contributed by atoms with Crippen LogP contribution in [0.25, 0.3) is 6.08 Å². The molecule has 1 heterocycles. The number of benzene rings is 4. The second-order valence-electron chi connectivity index (χ2n) is 11.9. The normalized spacial score (nSPS) is 14.0. The maximum atomic E-state index is 13.7. The minimum Gasteiger partial charge on any atom is -0.324 e. The number of ketones is 1. The minimum absolute atomic E-state index is 0.0287. The summed E-state index contributed by atoms with van der Waals surface area (Å²) in [4.78, 5) is 26.2. The van der Waals surface area contributed by atoms with Crippen LogP contribution in [0, 0.1) is 6.92 Å². The van der Waals surface area contributed by atoms with Crippen LogP contribution in [0.5, 0.6) is 0 Å². The molecule has 294 valence electrons. The van der Waals surface area contributed by atoms with Gasteiger partial charge in [0, 0.05) is 23.5 Å². The van der Waals surface area contributed by atoms with Crippen LogP contribution in [-0.2, 0) is 30.4 Å². The summed E-state index contributed by atoms with van der Waals surface area (Å²) in [6.45, 7) is 4.33. The van der Waals surface area contributed by atoms with E-state index < -0.39 is 62.2 Å². The van der Waals surface area contributed by atoms with E-state index >= 15 is 0 Å². The molecule has 1 aromatic heterocycles.